The molecule has 0 bridgehead atoms. The lowest BCUT2D eigenvalue weighted by atomic mass is 9.90. The van der Waals surface area contributed by atoms with Crippen molar-refractivity contribution in [3.8, 4) is 10.9 Å². The summed E-state index contributed by atoms with van der Waals surface area (Å²) in [5, 5.41) is 4.55. The number of fused-ring (bicyclic) bond motifs is 1. The Kier molecular flexibility index (Phi) is 6.46. The van der Waals surface area contributed by atoms with Gasteiger partial charge in [-0.3, -0.25) is 0 Å². The van der Waals surface area contributed by atoms with E-state index in [0.29, 0.717) is 6.04 Å². The van der Waals surface area contributed by atoms with Crippen LogP contribution < -0.4 is 14.8 Å². The summed E-state index contributed by atoms with van der Waals surface area (Å²) in [4.78, 5) is 4.66. The predicted molar refractivity (Wildman–Crippen MR) is 126 cm³/mol. The van der Waals surface area contributed by atoms with E-state index >= 15 is 0 Å². The second-order valence-corrected chi connectivity index (χ2v) is 9.23. The standard InChI is InChI=1S/C25H28N2O4S/c1-28-20-8-5-9-22-24(20)27-25(32-22)31-19-12-10-18(11-13-19)26-23(17-6-3-2-4-7-17)21-16-29-14-15-30-21/h2-3,5-6,8-9,14-16,18-19,23,26H,4,7,10-13H2,1H3. The van der Waals surface area contributed by atoms with E-state index in [1.54, 1.807) is 37.2 Å². The molecule has 2 aliphatic carbocycles. The summed E-state index contributed by atoms with van der Waals surface area (Å²) in [5.41, 5.74) is 2.21. The molecule has 1 fully saturated rings. The molecule has 1 N–H and O–H groups in total. The third kappa shape index (κ3) is 4.69. The van der Waals surface area contributed by atoms with Crippen molar-refractivity contribution in [2.45, 2.75) is 56.7 Å². The highest BCUT2D eigenvalue weighted by Gasteiger charge is 2.29. The molecule has 0 amide bonds. The normalized spacial score (nSPS) is 23.7. The molecule has 1 aromatic heterocycles. The summed E-state index contributed by atoms with van der Waals surface area (Å²) in [7, 11) is 1.67. The Morgan fingerprint density at radius 3 is 2.84 bits per heavy atom. The van der Waals surface area contributed by atoms with Crippen molar-refractivity contribution in [2.75, 3.05) is 7.11 Å². The number of methoxy groups -OCH3 is 1. The quantitative estimate of drug-likeness (QED) is 0.591. The van der Waals surface area contributed by atoms with Crippen molar-refractivity contribution in [1.82, 2.24) is 10.3 Å². The van der Waals surface area contributed by atoms with Crippen LogP contribution in [0.3, 0.4) is 0 Å². The lowest BCUT2D eigenvalue weighted by Gasteiger charge is -2.33. The third-order valence-electron chi connectivity index (χ3n) is 6.15. The van der Waals surface area contributed by atoms with Gasteiger partial charge in [0.1, 0.15) is 36.2 Å². The maximum Gasteiger partial charge on any atom is 0.274 e. The van der Waals surface area contributed by atoms with Gasteiger partial charge < -0.3 is 24.3 Å². The second-order valence-electron chi connectivity index (χ2n) is 8.23. The molecule has 32 heavy (non-hydrogen) atoms. The first-order valence-corrected chi connectivity index (χ1v) is 12.0. The third-order valence-corrected chi connectivity index (χ3v) is 7.06. The Labute approximate surface area is 192 Å². The van der Waals surface area contributed by atoms with Crippen LogP contribution >= 0.6 is 11.3 Å². The van der Waals surface area contributed by atoms with Crippen LogP contribution in [0.2, 0.25) is 0 Å². The lowest BCUT2D eigenvalue weighted by molar-refractivity contribution is 0.135. The summed E-state index contributed by atoms with van der Waals surface area (Å²) < 4.78 is 23.9. The first kappa shape index (κ1) is 21.1. The van der Waals surface area contributed by atoms with Gasteiger partial charge in [-0.25, -0.2) is 0 Å². The Balaban J connectivity index is 1.20. The molecule has 0 radical (unpaired) electrons. The maximum atomic E-state index is 6.26. The van der Waals surface area contributed by atoms with Gasteiger partial charge in [0, 0.05) is 6.04 Å². The van der Waals surface area contributed by atoms with Crippen LogP contribution in [0.5, 0.6) is 10.9 Å². The van der Waals surface area contributed by atoms with Crippen LogP contribution in [0, 0.1) is 0 Å². The van der Waals surface area contributed by atoms with Crippen LogP contribution in [0.4, 0.5) is 0 Å². The van der Waals surface area contributed by atoms with Gasteiger partial charge in [-0.05, 0) is 56.2 Å². The van der Waals surface area contributed by atoms with Crippen molar-refractivity contribution in [1.29, 1.82) is 0 Å². The zero-order chi connectivity index (χ0) is 21.8. The molecule has 0 spiro atoms. The predicted octanol–water partition coefficient (Wildman–Crippen LogP) is 5.59. The van der Waals surface area contributed by atoms with Crippen molar-refractivity contribution >= 4 is 21.6 Å². The van der Waals surface area contributed by atoms with E-state index in [0.717, 1.165) is 65.4 Å². The second kappa shape index (κ2) is 9.79. The van der Waals surface area contributed by atoms with Gasteiger partial charge in [0.2, 0.25) is 0 Å². The largest absolute Gasteiger partial charge is 0.494 e. The van der Waals surface area contributed by atoms with Crippen LogP contribution in [-0.2, 0) is 9.47 Å². The van der Waals surface area contributed by atoms with Gasteiger partial charge in [-0.15, -0.1) is 0 Å². The molecule has 7 heteroatoms. The number of hydrogen-bond acceptors (Lipinski definition) is 7. The number of ether oxygens (including phenoxy) is 4. The van der Waals surface area contributed by atoms with Gasteiger partial charge in [0.05, 0.1) is 17.9 Å². The number of allylic oxidation sites excluding steroid dienone is 3. The Hall–Kier alpha value is -2.77. The molecule has 5 rings (SSSR count). The molecule has 1 saturated carbocycles. The fraction of sp³-hybridized carbons (Fsp3) is 0.400. The van der Waals surface area contributed by atoms with Gasteiger partial charge in [-0.2, -0.15) is 4.98 Å². The Morgan fingerprint density at radius 2 is 2.09 bits per heavy atom. The summed E-state index contributed by atoms with van der Waals surface area (Å²) in [6, 6.07) is 6.41. The van der Waals surface area contributed by atoms with Crippen LogP contribution in [0.1, 0.15) is 38.5 Å². The summed E-state index contributed by atoms with van der Waals surface area (Å²) >= 11 is 1.58. The van der Waals surface area contributed by atoms with E-state index in [-0.39, 0.29) is 12.1 Å². The van der Waals surface area contributed by atoms with Crippen LogP contribution in [0.15, 0.2) is 66.5 Å². The minimum Gasteiger partial charge on any atom is -0.494 e. The summed E-state index contributed by atoms with van der Waals surface area (Å²) in [5.74, 6) is 1.60. The molecular weight excluding hydrogens is 424 g/mol. The Morgan fingerprint density at radius 1 is 1.19 bits per heavy atom. The highest BCUT2D eigenvalue weighted by molar-refractivity contribution is 7.20. The molecule has 1 aliphatic heterocycles. The van der Waals surface area contributed by atoms with Gasteiger partial charge in [0.25, 0.3) is 5.19 Å². The molecule has 2 heterocycles. The molecule has 2 aromatic rings. The van der Waals surface area contributed by atoms with E-state index in [4.69, 9.17) is 18.9 Å². The zero-order valence-corrected chi connectivity index (χ0v) is 19.0. The molecule has 3 aliphatic rings. The number of benzene rings is 1. The molecule has 1 aromatic carbocycles. The number of nitrogens with one attached hydrogen (secondary N) is 1. The van der Waals surface area contributed by atoms with Gasteiger partial charge in [-0.1, -0.05) is 35.6 Å². The number of aromatic nitrogens is 1. The number of para-hydroxylation sites is 1. The average molecular weight is 453 g/mol. The zero-order valence-electron chi connectivity index (χ0n) is 18.2. The fourth-order valence-electron chi connectivity index (χ4n) is 4.49. The van der Waals surface area contributed by atoms with Crippen LogP contribution in [-0.4, -0.2) is 30.3 Å². The van der Waals surface area contributed by atoms with Crippen molar-refractivity contribution in [3.05, 3.63) is 66.5 Å². The Bertz CT molecular complexity index is 1060. The van der Waals surface area contributed by atoms with E-state index in [1.807, 2.05) is 12.1 Å². The number of hydrogen-bond donors (Lipinski definition) is 1. The molecule has 1 unspecified atom stereocenters. The molecule has 6 nitrogen and oxygen atoms in total. The fourth-order valence-corrected chi connectivity index (χ4v) is 5.38. The van der Waals surface area contributed by atoms with Crippen LogP contribution in [0.25, 0.3) is 10.2 Å². The lowest BCUT2D eigenvalue weighted by Crippen LogP contribution is -2.44. The van der Waals surface area contributed by atoms with E-state index < -0.39 is 0 Å². The average Bonchev–Trinajstić information content (AvgIpc) is 3.27. The monoisotopic (exact) mass is 452 g/mol. The first-order chi connectivity index (χ1) is 15.8. The maximum absolute atomic E-state index is 6.26. The molecule has 0 saturated heterocycles. The molecule has 168 valence electrons. The van der Waals surface area contributed by atoms with Gasteiger partial charge >= 0.3 is 0 Å². The minimum atomic E-state index is 0.0316. The number of thiazole rings is 1. The smallest absolute Gasteiger partial charge is 0.274 e. The summed E-state index contributed by atoms with van der Waals surface area (Å²) in [6.45, 7) is 0. The topological polar surface area (TPSA) is 61.8 Å². The van der Waals surface area contributed by atoms with Gasteiger partial charge in [0.15, 0.2) is 5.76 Å². The number of nitrogens with zero attached hydrogens (tertiary/aromatic N) is 1. The highest BCUT2D eigenvalue weighted by Crippen LogP contribution is 2.35. The van der Waals surface area contributed by atoms with Crippen molar-refractivity contribution < 1.29 is 18.9 Å². The first-order valence-electron chi connectivity index (χ1n) is 11.2. The summed E-state index contributed by atoms with van der Waals surface area (Å²) in [6.07, 6.45) is 17.7. The van der Waals surface area contributed by atoms with Crippen molar-refractivity contribution in [2.24, 2.45) is 0 Å². The highest BCUT2D eigenvalue weighted by atomic mass is 32.1. The molecule has 1 atom stereocenters. The number of rotatable bonds is 7. The van der Waals surface area contributed by atoms with E-state index in [2.05, 4.69) is 34.6 Å². The van der Waals surface area contributed by atoms with E-state index in [9.17, 15) is 0 Å². The van der Waals surface area contributed by atoms with E-state index in [1.165, 1.54) is 5.57 Å². The minimum absolute atomic E-state index is 0.0316. The molecular formula is C25H28N2O4S. The van der Waals surface area contributed by atoms with Crippen molar-refractivity contribution in [3.63, 3.8) is 0 Å². The SMILES string of the molecule is COc1cccc2sc(OC3CCC(NC(C4=CC=CCC4)C4=COC=CO4)CC3)nc12.